The van der Waals surface area contributed by atoms with E-state index in [9.17, 15) is 24.9 Å². The summed E-state index contributed by atoms with van der Waals surface area (Å²) in [4.78, 5) is 29.8. The summed E-state index contributed by atoms with van der Waals surface area (Å²) in [6, 6.07) is 11.3. The number of hydrogen-bond acceptors (Lipinski definition) is 8. The van der Waals surface area contributed by atoms with Crippen LogP contribution < -0.4 is 5.32 Å². The van der Waals surface area contributed by atoms with E-state index in [1.807, 2.05) is 37.3 Å². The van der Waals surface area contributed by atoms with E-state index in [0.29, 0.717) is 26.0 Å². The number of hydrogen-bond donors (Lipinski definition) is 3. The third kappa shape index (κ3) is 9.36. The highest BCUT2D eigenvalue weighted by molar-refractivity contribution is 6.43. The van der Waals surface area contributed by atoms with Gasteiger partial charge in [-0.15, -0.1) is 0 Å². The van der Waals surface area contributed by atoms with Crippen LogP contribution in [0.2, 0.25) is 0 Å². The number of benzene rings is 1. The highest BCUT2D eigenvalue weighted by Gasteiger charge is 2.32. The Hall–Kier alpha value is -2.91. The van der Waals surface area contributed by atoms with Gasteiger partial charge in [-0.25, -0.2) is 4.79 Å². The summed E-state index contributed by atoms with van der Waals surface area (Å²) >= 11 is 0. The molecule has 11 heteroatoms. The lowest BCUT2D eigenvalue weighted by Gasteiger charge is -2.42. The maximum Gasteiger partial charge on any atom is 0.475 e. The molecule has 2 aliphatic rings. The van der Waals surface area contributed by atoms with Crippen LogP contribution in [-0.4, -0.2) is 95.4 Å². The summed E-state index contributed by atoms with van der Waals surface area (Å²) in [6.07, 6.45) is 3.32. The number of carbonyl (C=O) groups excluding carboxylic acids is 2. The van der Waals surface area contributed by atoms with Crippen LogP contribution in [0.1, 0.15) is 52.0 Å². The fourth-order valence-corrected chi connectivity index (χ4v) is 5.02. The van der Waals surface area contributed by atoms with Crippen LogP contribution in [0.4, 0.5) is 4.79 Å². The van der Waals surface area contributed by atoms with Gasteiger partial charge in [0.15, 0.2) is 0 Å². The quantitative estimate of drug-likeness (QED) is 0.246. The smallest absolute Gasteiger partial charge is 0.444 e. The number of nitriles is 1. The zero-order chi connectivity index (χ0) is 28.4. The lowest BCUT2D eigenvalue weighted by Crippen LogP contribution is -2.52. The molecule has 0 aromatic heterocycles. The largest absolute Gasteiger partial charge is 0.475 e. The van der Waals surface area contributed by atoms with E-state index >= 15 is 0 Å². The SMILES string of the molecule is C[C@@H]1CN(C(C)(C)CC=C(C#N)C(=O)N2CCCC[C@@H](OC(=O)N[C@@H](Cc3ccccc3)B(O)O)C2)CCO1. The molecule has 0 bridgehead atoms. The van der Waals surface area contributed by atoms with E-state index in [4.69, 9.17) is 9.47 Å². The number of nitrogens with one attached hydrogen (secondary N) is 1. The minimum absolute atomic E-state index is 0.0841. The maximum atomic E-state index is 13.3. The van der Waals surface area contributed by atoms with Crippen LogP contribution in [-0.2, 0) is 20.7 Å². The van der Waals surface area contributed by atoms with Crippen LogP contribution in [0, 0.1) is 11.3 Å². The number of morpholine rings is 1. The second-order valence-corrected chi connectivity index (χ2v) is 11.0. The first-order chi connectivity index (χ1) is 18.6. The Morgan fingerprint density at radius 1 is 1.26 bits per heavy atom. The molecule has 3 atom stereocenters. The highest BCUT2D eigenvalue weighted by Crippen LogP contribution is 2.24. The highest BCUT2D eigenvalue weighted by atomic mass is 16.6. The molecule has 2 aliphatic heterocycles. The van der Waals surface area contributed by atoms with Gasteiger partial charge in [0.25, 0.3) is 5.91 Å². The molecular formula is C28H41BN4O6. The van der Waals surface area contributed by atoms with Crippen molar-refractivity contribution in [1.29, 1.82) is 5.26 Å². The monoisotopic (exact) mass is 540 g/mol. The number of nitrogens with zero attached hydrogens (tertiary/aromatic N) is 3. The molecule has 3 rings (SSSR count). The van der Waals surface area contributed by atoms with Crippen molar-refractivity contribution >= 4 is 19.1 Å². The third-order valence-corrected chi connectivity index (χ3v) is 7.40. The van der Waals surface area contributed by atoms with Crippen molar-refractivity contribution < 1.29 is 29.1 Å². The lowest BCUT2D eigenvalue weighted by atomic mass is 9.76. The molecule has 2 amide bonds. The van der Waals surface area contributed by atoms with E-state index < -0.39 is 25.3 Å². The standard InChI is InChI=1S/C28H41BN4O6/c1-21-19-33(15-16-38-21)28(2,3)13-12-23(18-30)26(34)32-14-8-7-11-24(20-32)39-27(35)31-25(29(36)37)17-22-9-5-4-6-10-22/h4-6,9-10,12,21,24-25,36-37H,7-8,11,13-17,19-20H2,1-3H3,(H,31,35)/t21-,24-,25+/m1/s1. The molecule has 0 radical (unpaired) electrons. The predicted molar refractivity (Wildman–Crippen MR) is 147 cm³/mol. The van der Waals surface area contributed by atoms with Crippen molar-refractivity contribution in [3.05, 3.63) is 47.5 Å². The summed E-state index contributed by atoms with van der Waals surface area (Å²) in [7, 11) is -1.77. The van der Waals surface area contributed by atoms with Crippen LogP contribution in [0.3, 0.4) is 0 Å². The molecule has 212 valence electrons. The first kappa shape index (κ1) is 30.6. The number of carbonyl (C=O) groups is 2. The zero-order valence-corrected chi connectivity index (χ0v) is 23.2. The summed E-state index contributed by atoms with van der Waals surface area (Å²) in [6.45, 7) is 9.13. The fraction of sp³-hybridized carbons (Fsp3) is 0.607. The van der Waals surface area contributed by atoms with Gasteiger partial charge in [0.05, 0.1) is 25.2 Å². The van der Waals surface area contributed by atoms with Gasteiger partial charge in [-0.05, 0) is 58.4 Å². The Labute approximate surface area is 231 Å². The van der Waals surface area contributed by atoms with Gasteiger partial charge in [0, 0.05) is 25.2 Å². The molecular weight excluding hydrogens is 499 g/mol. The van der Waals surface area contributed by atoms with Crippen LogP contribution in [0.25, 0.3) is 0 Å². The minimum atomic E-state index is -1.77. The van der Waals surface area contributed by atoms with Crippen molar-refractivity contribution in [2.24, 2.45) is 0 Å². The van der Waals surface area contributed by atoms with Crippen molar-refractivity contribution in [3.8, 4) is 6.07 Å². The van der Waals surface area contributed by atoms with Crippen LogP contribution >= 0.6 is 0 Å². The van der Waals surface area contributed by atoms with E-state index in [0.717, 1.165) is 31.5 Å². The van der Waals surface area contributed by atoms with Gasteiger partial charge in [-0.1, -0.05) is 36.4 Å². The zero-order valence-electron chi connectivity index (χ0n) is 23.2. The van der Waals surface area contributed by atoms with Gasteiger partial charge >= 0.3 is 13.2 Å². The molecule has 0 unspecified atom stereocenters. The average molecular weight is 540 g/mol. The Bertz CT molecular complexity index is 1030. The topological polar surface area (TPSA) is 135 Å². The maximum absolute atomic E-state index is 13.3. The van der Waals surface area contributed by atoms with Gasteiger partial charge in [0.1, 0.15) is 17.7 Å². The second-order valence-electron chi connectivity index (χ2n) is 11.0. The molecule has 1 aromatic carbocycles. The number of likely N-dealkylation sites (tertiary alicyclic amines) is 1. The average Bonchev–Trinajstić information content (AvgIpc) is 3.14. The number of alkyl carbamates (subject to hydrolysis) is 1. The Balaban J connectivity index is 1.59. The Kier molecular flexibility index (Phi) is 11.4. The molecule has 10 nitrogen and oxygen atoms in total. The van der Waals surface area contributed by atoms with Crippen molar-refractivity contribution in [2.75, 3.05) is 32.8 Å². The van der Waals surface area contributed by atoms with E-state index in [1.165, 1.54) is 0 Å². The minimum Gasteiger partial charge on any atom is -0.444 e. The molecule has 2 heterocycles. The molecule has 0 aliphatic carbocycles. The summed E-state index contributed by atoms with van der Waals surface area (Å²) in [5.74, 6) is -1.32. The fourth-order valence-electron chi connectivity index (χ4n) is 5.02. The normalized spacial score (nSPS) is 21.8. The van der Waals surface area contributed by atoms with Crippen molar-refractivity contribution in [2.45, 2.75) is 76.6 Å². The molecule has 2 saturated heterocycles. The molecule has 1 aromatic rings. The first-order valence-electron chi connectivity index (χ1n) is 13.7. The summed E-state index contributed by atoms with van der Waals surface area (Å²) in [5, 5.41) is 31.9. The number of ether oxygens (including phenoxy) is 2. The molecule has 0 spiro atoms. The lowest BCUT2D eigenvalue weighted by molar-refractivity contribution is -0.127. The number of amides is 2. The molecule has 39 heavy (non-hydrogen) atoms. The van der Waals surface area contributed by atoms with E-state index in [2.05, 4.69) is 30.1 Å². The predicted octanol–water partition coefficient (Wildman–Crippen LogP) is 2.06. The second kappa shape index (κ2) is 14.5. The first-order valence-corrected chi connectivity index (χ1v) is 13.7. The van der Waals surface area contributed by atoms with Gasteiger partial charge < -0.3 is 29.7 Å². The third-order valence-electron chi connectivity index (χ3n) is 7.40. The summed E-state index contributed by atoms with van der Waals surface area (Å²) in [5.41, 5.74) is 0.682. The van der Waals surface area contributed by atoms with Crippen LogP contribution in [0.5, 0.6) is 0 Å². The molecule has 2 fully saturated rings. The summed E-state index contributed by atoms with van der Waals surface area (Å²) < 4.78 is 11.2. The number of rotatable bonds is 9. The van der Waals surface area contributed by atoms with Crippen molar-refractivity contribution in [1.82, 2.24) is 15.1 Å². The molecule has 0 saturated carbocycles. The van der Waals surface area contributed by atoms with Crippen LogP contribution in [0.15, 0.2) is 42.0 Å². The molecule has 3 N–H and O–H groups in total. The van der Waals surface area contributed by atoms with Gasteiger partial charge in [-0.3, -0.25) is 9.69 Å². The van der Waals surface area contributed by atoms with Gasteiger partial charge in [0.2, 0.25) is 0 Å². The Morgan fingerprint density at radius 3 is 2.67 bits per heavy atom. The van der Waals surface area contributed by atoms with E-state index in [1.54, 1.807) is 11.0 Å². The Morgan fingerprint density at radius 2 is 2.00 bits per heavy atom. The van der Waals surface area contributed by atoms with Crippen molar-refractivity contribution in [3.63, 3.8) is 0 Å². The van der Waals surface area contributed by atoms with E-state index in [-0.39, 0.29) is 36.1 Å². The van der Waals surface area contributed by atoms with Gasteiger partial charge in [-0.2, -0.15) is 5.26 Å².